The number of ether oxygens (including phenoxy) is 1. The van der Waals surface area contributed by atoms with Crippen molar-refractivity contribution in [1.82, 2.24) is 15.3 Å². The van der Waals surface area contributed by atoms with E-state index in [1.807, 2.05) is 37.4 Å². The van der Waals surface area contributed by atoms with Gasteiger partial charge in [-0.2, -0.15) is 0 Å². The van der Waals surface area contributed by atoms with Gasteiger partial charge in [0.2, 0.25) is 0 Å². The fourth-order valence-corrected chi connectivity index (χ4v) is 3.57. The second-order valence-electron chi connectivity index (χ2n) is 7.44. The molecule has 7 heteroatoms. The van der Waals surface area contributed by atoms with Crippen LogP contribution in [0.25, 0.3) is 11.1 Å². The van der Waals surface area contributed by atoms with Crippen LogP contribution >= 0.6 is 0 Å². The molecule has 1 aromatic carbocycles. The van der Waals surface area contributed by atoms with E-state index in [1.54, 1.807) is 12.3 Å². The number of amides is 1. The fourth-order valence-electron chi connectivity index (χ4n) is 3.57. The summed E-state index contributed by atoms with van der Waals surface area (Å²) in [6.45, 7) is 2.50. The molecule has 3 aromatic rings. The number of nitrogens with one attached hydrogen (secondary N) is 2. The van der Waals surface area contributed by atoms with Crippen LogP contribution in [-0.2, 0) is 6.54 Å². The highest BCUT2D eigenvalue weighted by Crippen LogP contribution is 2.34. The average molecular weight is 387 g/mol. The van der Waals surface area contributed by atoms with E-state index in [-0.39, 0.29) is 5.91 Å². The van der Waals surface area contributed by atoms with Crippen molar-refractivity contribution in [2.75, 3.05) is 11.1 Å². The van der Waals surface area contributed by atoms with Crippen LogP contribution in [0.15, 0.2) is 42.7 Å². The van der Waals surface area contributed by atoms with Gasteiger partial charge in [-0.25, -0.2) is 9.97 Å². The van der Waals surface area contributed by atoms with Gasteiger partial charge in [0, 0.05) is 24.0 Å². The molecule has 0 saturated heterocycles. The highest BCUT2D eigenvalue weighted by atomic mass is 16.5. The third-order valence-corrected chi connectivity index (χ3v) is 5.22. The quantitative estimate of drug-likeness (QED) is 0.579. The van der Waals surface area contributed by atoms with E-state index < -0.39 is 0 Å². The maximum Gasteiger partial charge on any atom is 0.254 e. The van der Waals surface area contributed by atoms with Gasteiger partial charge >= 0.3 is 0 Å². The van der Waals surface area contributed by atoms with Crippen LogP contribution in [0, 0.1) is 6.92 Å². The number of hydrogen-bond acceptors (Lipinski definition) is 6. The Morgan fingerprint density at radius 3 is 2.66 bits per heavy atom. The van der Waals surface area contributed by atoms with Crippen LogP contribution < -0.4 is 21.1 Å². The normalized spacial score (nSPS) is 15.0. The Labute approximate surface area is 168 Å². The molecule has 146 valence electrons. The summed E-state index contributed by atoms with van der Waals surface area (Å²) >= 11 is 0. The molecule has 4 N–H and O–H groups in total. The van der Waals surface area contributed by atoms with Gasteiger partial charge in [0.05, 0.1) is 17.9 Å². The first-order valence-corrected chi connectivity index (χ1v) is 9.65. The number of aromatic nitrogens is 2. The highest BCUT2D eigenvalue weighted by Gasteiger charge is 2.25. The first kappa shape index (κ1) is 17.5. The molecule has 0 unspecified atom stereocenters. The van der Waals surface area contributed by atoms with Crippen molar-refractivity contribution >= 4 is 23.2 Å². The molecule has 0 atom stereocenters. The molecule has 2 aromatic heterocycles. The molecule has 0 bridgehead atoms. The summed E-state index contributed by atoms with van der Waals surface area (Å²) < 4.78 is 5.72. The molecule has 7 nitrogen and oxygen atoms in total. The zero-order chi connectivity index (χ0) is 20.0. The lowest BCUT2D eigenvalue weighted by atomic mass is 9.94. The van der Waals surface area contributed by atoms with Gasteiger partial charge in [0.25, 0.3) is 5.91 Å². The van der Waals surface area contributed by atoms with Gasteiger partial charge in [0.15, 0.2) is 0 Å². The molecule has 1 fully saturated rings. The first-order valence-electron chi connectivity index (χ1n) is 9.65. The largest absolute Gasteiger partial charge is 0.489 e. The Hall–Kier alpha value is -3.61. The summed E-state index contributed by atoms with van der Waals surface area (Å²) in [6.07, 6.45) is 6.14. The third-order valence-electron chi connectivity index (χ3n) is 5.22. The summed E-state index contributed by atoms with van der Waals surface area (Å²) in [6, 6.07) is 9.49. The van der Waals surface area contributed by atoms with Crippen molar-refractivity contribution in [3.05, 3.63) is 59.4 Å². The van der Waals surface area contributed by atoms with E-state index in [4.69, 9.17) is 10.5 Å². The van der Waals surface area contributed by atoms with Gasteiger partial charge in [-0.3, -0.25) is 4.79 Å². The maximum atomic E-state index is 12.1. The van der Waals surface area contributed by atoms with Gasteiger partial charge in [-0.1, -0.05) is 6.07 Å². The zero-order valence-electron chi connectivity index (χ0n) is 16.0. The summed E-state index contributed by atoms with van der Waals surface area (Å²) in [7, 11) is 0. The number of rotatable bonds is 5. The Bertz CT molecular complexity index is 1110. The number of fused-ring (bicyclic) bond motifs is 1. The molecule has 0 spiro atoms. The minimum Gasteiger partial charge on any atom is -0.489 e. The monoisotopic (exact) mass is 387 g/mol. The van der Waals surface area contributed by atoms with Gasteiger partial charge in [-0.05, 0) is 60.7 Å². The fraction of sp³-hybridized carbons (Fsp3) is 0.227. The van der Waals surface area contributed by atoms with Crippen molar-refractivity contribution in [1.29, 1.82) is 0 Å². The molecule has 1 aliphatic carbocycles. The van der Waals surface area contributed by atoms with E-state index in [9.17, 15) is 4.79 Å². The highest BCUT2D eigenvalue weighted by molar-refractivity contribution is 6.05. The average Bonchev–Trinajstić information content (AvgIpc) is 3.44. The van der Waals surface area contributed by atoms with Crippen LogP contribution in [0.3, 0.4) is 0 Å². The predicted molar refractivity (Wildman–Crippen MR) is 111 cm³/mol. The Morgan fingerprint density at radius 1 is 1.10 bits per heavy atom. The number of benzene rings is 1. The van der Waals surface area contributed by atoms with Gasteiger partial charge < -0.3 is 21.1 Å². The summed E-state index contributed by atoms with van der Waals surface area (Å²) in [4.78, 5) is 21.0. The van der Waals surface area contributed by atoms with Crippen molar-refractivity contribution in [2.24, 2.45) is 0 Å². The van der Waals surface area contributed by atoms with E-state index in [2.05, 4.69) is 20.6 Å². The number of carbonyl (C=O) groups is 1. The molecule has 1 amide bonds. The van der Waals surface area contributed by atoms with Crippen molar-refractivity contribution in [3.63, 3.8) is 0 Å². The SMILES string of the molecule is Cc1cc(Nc2ccc(OC3CC3)cn2)ncc1-c1ccc(N)c2c1CNC2=O. The molecule has 2 aliphatic rings. The molecule has 1 saturated carbocycles. The van der Waals surface area contributed by atoms with E-state index in [1.165, 1.54) is 0 Å². The third kappa shape index (κ3) is 3.35. The molecule has 3 heterocycles. The Kier molecular flexibility index (Phi) is 4.08. The second kappa shape index (κ2) is 6.77. The van der Waals surface area contributed by atoms with Crippen LogP contribution in [-0.4, -0.2) is 22.0 Å². The van der Waals surface area contributed by atoms with E-state index >= 15 is 0 Å². The zero-order valence-corrected chi connectivity index (χ0v) is 16.0. The summed E-state index contributed by atoms with van der Waals surface area (Å²) in [5, 5.41) is 6.07. The minimum atomic E-state index is -0.122. The number of anilines is 3. The number of nitrogen functional groups attached to an aromatic ring is 1. The van der Waals surface area contributed by atoms with Crippen LogP contribution in [0.5, 0.6) is 5.75 Å². The first-order chi connectivity index (χ1) is 14.1. The smallest absolute Gasteiger partial charge is 0.254 e. The molecule has 5 rings (SSSR count). The molecule has 1 aliphatic heterocycles. The Balaban J connectivity index is 1.39. The molecular formula is C22H21N5O2. The topological polar surface area (TPSA) is 102 Å². The predicted octanol–water partition coefficient (Wildman–Crippen LogP) is 3.56. The lowest BCUT2D eigenvalue weighted by Crippen LogP contribution is -2.13. The number of aryl methyl sites for hydroxylation is 1. The van der Waals surface area contributed by atoms with Gasteiger partial charge in [0.1, 0.15) is 17.4 Å². The molecular weight excluding hydrogens is 366 g/mol. The van der Waals surface area contributed by atoms with E-state index in [0.717, 1.165) is 40.8 Å². The lowest BCUT2D eigenvalue weighted by Gasteiger charge is -2.13. The molecule has 29 heavy (non-hydrogen) atoms. The lowest BCUT2D eigenvalue weighted by molar-refractivity contribution is 0.0966. The maximum absolute atomic E-state index is 12.1. The Morgan fingerprint density at radius 2 is 1.93 bits per heavy atom. The number of pyridine rings is 2. The minimum absolute atomic E-state index is 0.122. The van der Waals surface area contributed by atoms with Crippen molar-refractivity contribution in [2.45, 2.75) is 32.4 Å². The van der Waals surface area contributed by atoms with Crippen molar-refractivity contribution in [3.8, 4) is 16.9 Å². The summed E-state index contributed by atoms with van der Waals surface area (Å²) in [5.74, 6) is 2.08. The van der Waals surface area contributed by atoms with Crippen LogP contribution in [0.1, 0.15) is 34.3 Å². The number of hydrogen-bond donors (Lipinski definition) is 3. The number of carbonyl (C=O) groups excluding carboxylic acids is 1. The van der Waals surface area contributed by atoms with E-state index in [0.29, 0.717) is 35.5 Å². The molecule has 0 radical (unpaired) electrons. The number of nitrogens with two attached hydrogens (primary N) is 1. The number of nitrogens with zero attached hydrogens (tertiary/aromatic N) is 2. The van der Waals surface area contributed by atoms with Gasteiger partial charge in [-0.15, -0.1) is 0 Å². The second-order valence-corrected chi connectivity index (χ2v) is 7.44. The van der Waals surface area contributed by atoms with Crippen LogP contribution in [0.2, 0.25) is 0 Å². The standard InChI is InChI=1S/C22H21N5O2/c1-12-8-20(27-19-7-4-14(9-24-19)29-13-2-3-13)25-10-16(12)15-5-6-18(23)21-17(15)11-26-22(21)28/h4-10,13H,2-3,11,23H2,1H3,(H,26,28)(H,24,25,27). The van der Waals surface area contributed by atoms with Crippen LogP contribution in [0.4, 0.5) is 17.3 Å². The van der Waals surface area contributed by atoms with Crippen molar-refractivity contribution < 1.29 is 9.53 Å². The summed E-state index contributed by atoms with van der Waals surface area (Å²) in [5.41, 5.74) is 11.0.